The molecule has 2 aromatic heterocycles. The second-order valence-corrected chi connectivity index (χ2v) is 10.2. The van der Waals surface area contributed by atoms with Crippen molar-refractivity contribution in [2.24, 2.45) is 5.92 Å². The number of carbonyl (C=O) groups is 2. The van der Waals surface area contributed by atoms with E-state index in [0.717, 1.165) is 34.6 Å². The lowest BCUT2D eigenvalue weighted by atomic mass is 9.82. The first-order valence-electron chi connectivity index (χ1n) is 13.1. The van der Waals surface area contributed by atoms with Crippen molar-refractivity contribution in [1.82, 2.24) is 20.2 Å². The molecule has 3 aromatic rings. The fraction of sp³-hybridized carbons (Fsp3) is 0.414. The fourth-order valence-electron chi connectivity index (χ4n) is 5.63. The number of alkyl halides is 1. The minimum atomic E-state index is -0.840. The zero-order valence-corrected chi connectivity index (χ0v) is 21.4. The van der Waals surface area contributed by atoms with Gasteiger partial charge in [-0.05, 0) is 86.9 Å². The number of anilines is 1. The molecule has 8 heteroatoms. The Morgan fingerprint density at radius 2 is 1.81 bits per heavy atom. The van der Waals surface area contributed by atoms with Crippen LogP contribution < -0.4 is 16.0 Å². The van der Waals surface area contributed by atoms with E-state index in [1.165, 1.54) is 0 Å². The van der Waals surface area contributed by atoms with E-state index in [-0.39, 0.29) is 17.7 Å². The van der Waals surface area contributed by atoms with Crippen molar-refractivity contribution in [2.75, 3.05) is 11.9 Å². The molecule has 1 aliphatic carbocycles. The summed E-state index contributed by atoms with van der Waals surface area (Å²) in [6.07, 6.45) is 2.91. The van der Waals surface area contributed by atoms with Crippen molar-refractivity contribution in [3.8, 4) is 11.1 Å². The molecular weight excluding hydrogens is 469 g/mol. The molecule has 0 radical (unpaired) electrons. The van der Waals surface area contributed by atoms with Crippen molar-refractivity contribution in [2.45, 2.75) is 64.8 Å². The summed E-state index contributed by atoms with van der Waals surface area (Å²) >= 11 is 0. The average Bonchev–Trinajstić information content (AvgIpc) is 3.33. The number of hydrogen-bond donors (Lipinski definition) is 3. The van der Waals surface area contributed by atoms with Crippen LogP contribution in [0.4, 0.5) is 10.1 Å². The molecule has 0 spiro atoms. The van der Waals surface area contributed by atoms with E-state index in [2.05, 4.69) is 27.9 Å². The van der Waals surface area contributed by atoms with Gasteiger partial charge in [0.05, 0.1) is 0 Å². The van der Waals surface area contributed by atoms with Gasteiger partial charge in [-0.15, -0.1) is 0 Å². The van der Waals surface area contributed by atoms with Crippen molar-refractivity contribution in [1.29, 1.82) is 0 Å². The van der Waals surface area contributed by atoms with Crippen LogP contribution in [-0.4, -0.2) is 40.1 Å². The molecule has 3 N–H and O–H groups in total. The Morgan fingerprint density at radius 1 is 1.05 bits per heavy atom. The third-order valence-electron chi connectivity index (χ3n) is 7.65. The maximum atomic E-state index is 13.9. The third kappa shape index (κ3) is 5.44. The minimum absolute atomic E-state index is 0.117. The monoisotopic (exact) mass is 503 g/mol. The number of carbonyl (C=O) groups excluding carboxylic acids is 2. The van der Waals surface area contributed by atoms with Gasteiger partial charge in [-0.2, -0.15) is 0 Å². The van der Waals surface area contributed by atoms with Gasteiger partial charge in [0.25, 0.3) is 5.91 Å². The van der Waals surface area contributed by atoms with Gasteiger partial charge in [-0.25, -0.2) is 4.39 Å². The summed E-state index contributed by atoms with van der Waals surface area (Å²) in [6.45, 7) is 6.25. The van der Waals surface area contributed by atoms with Crippen LogP contribution in [0.25, 0.3) is 11.1 Å². The van der Waals surface area contributed by atoms with E-state index in [4.69, 9.17) is 0 Å². The molecule has 194 valence electrons. The summed E-state index contributed by atoms with van der Waals surface area (Å²) in [4.78, 5) is 31.2. The Morgan fingerprint density at radius 3 is 2.54 bits per heavy atom. The van der Waals surface area contributed by atoms with Crippen molar-refractivity contribution in [3.05, 3.63) is 71.3 Å². The normalized spacial score (nSPS) is 20.1. The largest absolute Gasteiger partial charge is 0.339 e. The highest BCUT2D eigenvalue weighted by Crippen LogP contribution is 2.30. The first kappa shape index (κ1) is 25.1. The lowest BCUT2D eigenvalue weighted by Gasteiger charge is -2.31. The average molecular weight is 504 g/mol. The fourth-order valence-corrected chi connectivity index (χ4v) is 5.63. The number of amides is 2. The van der Waals surface area contributed by atoms with E-state index >= 15 is 0 Å². The Balaban J connectivity index is 1.34. The van der Waals surface area contributed by atoms with Gasteiger partial charge in [0.15, 0.2) is 0 Å². The number of aryl methyl sites for hydroxylation is 2. The topological polar surface area (TPSA) is 88.1 Å². The van der Waals surface area contributed by atoms with Gasteiger partial charge in [-0.3, -0.25) is 14.6 Å². The molecule has 0 bridgehead atoms. The predicted octanol–water partition coefficient (Wildman–Crippen LogP) is 4.54. The summed E-state index contributed by atoms with van der Waals surface area (Å²) in [6, 6.07) is 12.7. The first-order valence-corrected chi connectivity index (χ1v) is 13.1. The van der Waals surface area contributed by atoms with Crippen LogP contribution >= 0.6 is 0 Å². The zero-order chi connectivity index (χ0) is 25.9. The molecule has 3 heterocycles. The van der Waals surface area contributed by atoms with Gasteiger partial charge in [0.2, 0.25) is 5.91 Å². The van der Waals surface area contributed by atoms with Crippen LogP contribution in [0.15, 0.2) is 48.7 Å². The Bertz CT molecular complexity index is 1260. The van der Waals surface area contributed by atoms with Gasteiger partial charge in [0, 0.05) is 48.5 Å². The number of fused-ring (bicyclic) bond motifs is 1. The molecule has 0 saturated heterocycles. The Kier molecular flexibility index (Phi) is 7.37. The smallest absolute Gasteiger partial charge is 0.268 e. The maximum Gasteiger partial charge on any atom is 0.268 e. The summed E-state index contributed by atoms with van der Waals surface area (Å²) in [5.41, 5.74) is 6.45. The Hall–Kier alpha value is -3.52. The molecule has 2 amide bonds. The van der Waals surface area contributed by atoms with E-state index < -0.39 is 12.2 Å². The standard InChI is InChI=1S/C29H34FN5O2/c1-18-13-14-32-19(2)26(18)20-5-9-23(10-6-20)33-29(37)27(21-3-7-22(30)8-4-21)34-28(36)25-12-11-24-17-31-15-16-35(24)25/h5-6,9-14,21-22,27,31H,3-4,7-8,15-17H2,1-2H3,(H,33,37)(H,34,36). The van der Waals surface area contributed by atoms with Crippen LogP contribution in [0.5, 0.6) is 0 Å². The lowest BCUT2D eigenvalue weighted by molar-refractivity contribution is -0.119. The first-order chi connectivity index (χ1) is 17.9. The Labute approximate surface area is 216 Å². The third-order valence-corrected chi connectivity index (χ3v) is 7.65. The summed E-state index contributed by atoms with van der Waals surface area (Å²) in [7, 11) is 0. The van der Waals surface area contributed by atoms with Gasteiger partial charge in [0.1, 0.15) is 17.9 Å². The van der Waals surface area contributed by atoms with E-state index in [9.17, 15) is 14.0 Å². The highest BCUT2D eigenvalue weighted by Gasteiger charge is 2.34. The lowest BCUT2D eigenvalue weighted by Crippen LogP contribution is -2.50. The van der Waals surface area contributed by atoms with Crippen LogP contribution in [0.2, 0.25) is 0 Å². The van der Waals surface area contributed by atoms with Crippen molar-refractivity contribution >= 4 is 17.5 Å². The van der Waals surface area contributed by atoms with Crippen molar-refractivity contribution in [3.63, 3.8) is 0 Å². The number of benzene rings is 1. The summed E-state index contributed by atoms with van der Waals surface area (Å²) in [5, 5.41) is 9.30. The molecule has 1 atom stereocenters. The molecule has 37 heavy (non-hydrogen) atoms. The highest BCUT2D eigenvalue weighted by atomic mass is 19.1. The SMILES string of the molecule is Cc1ccnc(C)c1-c1ccc(NC(=O)C(NC(=O)c2ccc3n2CCNC3)C2CCC(F)CC2)cc1. The van der Waals surface area contributed by atoms with Crippen LogP contribution in [0.3, 0.4) is 0 Å². The second-order valence-electron chi connectivity index (χ2n) is 10.2. The predicted molar refractivity (Wildman–Crippen MR) is 142 cm³/mol. The van der Waals surface area contributed by atoms with Gasteiger partial charge >= 0.3 is 0 Å². The molecule has 7 nitrogen and oxygen atoms in total. The molecule has 1 saturated carbocycles. The molecule has 1 aromatic carbocycles. The molecule has 2 aliphatic rings. The molecule has 1 aliphatic heterocycles. The molecule has 1 unspecified atom stereocenters. The van der Waals surface area contributed by atoms with Crippen molar-refractivity contribution < 1.29 is 14.0 Å². The van der Waals surface area contributed by atoms with Gasteiger partial charge < -0.3 is 20.5 Å². The summed E-state index contributed by atoms with van der Waals surface area (Å²) < 4.78 is 15.9. The highest BCUT2D eigenvalue weighted by molar-refractivity contribution is 6.01. The number of pyridine rings is 1. The molecule has 1 fully saturated rings. The van der Waals surface area contributed by atoms with Crippen LogP contribution in [0, 0.1) is 19.8 Å². The van der Waals surface area contributed by atoms with Gasteiger partial charge in [-0.1, -0.05) is 12.1 Å². The van der Waals surface area contributed by atoms with Crippen LogP contribution in [-0.2, 0) is 17.9 Å². The number of halogens is 1. The molecule has 5 rings (SSSR count). The van der Waals surface area contributed by atoms with E-state index in [1.54, 1.807) is 6.20 Å². The van der Waals surface area contributed by atoms with E-state index in [0.29, 0.717) is 50.2 Å². The molecular formula is C29H34FN5O2. The maximum absolute atomic E-state index is 13.9. The number of nitrogens with zero attached hydrogens (tertiary/aromatic N) is 2. The quantitative estimate of drug-likeness (QED) is 0.461. The number of aromatic nitrogens is 2. The van der Waals surface area contributed by atoms with E-state index in [1.807, 2.05) is 54.0 Å². The number of nitrogens with one attached hydrogen (secondary N) is 3. The van der Waals surface area contributed by atoms with Crippen LogP contribution in [0.1, 0.15) is 53.1 Å². The zero-order valence-electron chi connectivity index (χ0n) is 21.4. The number of rotatable bonds is 6. The second kappa shape index (κ2) is 10.8. The summed E-state index contributed by atoms with van der Waals surface area (Å²) in [5.74, 6) is -0.661. The number of hydrogen-bond acceptors (Lipinski definition) is 4. The minimum Gasteiger partial charge on any atom is -0.339 e.